The molecule has 2 unspecified atom stereocenters. The molecule has 2 rings (SSSR count). The maximum atomic E-state index is 12.7. The summed E-state index contributed by atoms with van der Waals surface area (Å²) in [6.07, 6.45) is 4.83. The van der Waals surface area contributed by atoms with Crippen LogP contribution in [0.3, 0.4) is 0 Å². The SMILES string of the molecule is CC(C)CC1(C(=O)NC2CS(=O)(=O)CC2Cl)CCCC1. The van der Waals surface area contributed by atoms with Gasteiger partial charge in [-0.15, -0.1) is 11.6 Å². The Labute approximate surface area is 126 Å². The van der Waals surface area contributed by atoms with Crippen molar-refractivity contribution in [2.45, 2.75) is 57.4 Å². The molecule has 1 N–H and O–H groups in total. The van der Waals surface area contributed by atoms with Crippen LogP contribution in [0.25, 0.3) is 0 Å². The predicted octanol–water partition coefficient (Wildman–Crippen LogP) is 2.11. The lowest BCUT2D eigenvalue weighted by atomic mass is 9.77. The van der Waals surface area contributed by atoms with Crippen LogP contribution >= 0.6 is 11.6 Å². The molecule has 2 fully saturated rings. The lowest BCUT2D eigenvalue weighted by Crippen LogP contribution is -2.48. The first kappa shape index (κ1) is 16.1. The predicted molar refractivity (Wildman–Crippen MR) is 80.6 cm³/mol. The van der Waals surface area contributed by atoms with E-state index in [1.807, 2.05) is 0 Å². The van der Waals surface area contributed by atoms with Gasteiger partial charge < -0.3 is 5.32 Å². The van der Waals surface area contributed by atoms with Crippen LogP contribution < -0.4 is 5.32 Å². The van der Waals surface area contributed by atoms with Crippen LogP contribution in [0.2, 0.25) is 0 Å². The Kier molecular flexibility index (Phi) is 4.69. The molecule has 0 spiro atoms. The van der Waals surface area contributed by atoms with E-state index in [9.17, 15) is 13.2 Å². The van der Waals surface area contributed by atoms with E-state index in [1.54, 1.807) is 0 Å². The largest absolute Gasteiger partial charge is 0.350 e. The third kappa shape index (κ3) is 3.48. The van der Waals surface area contributed by atoms with Gasteiger partial charge in [0.1, 0.15) is 0 Å². The molecule has 0 aromatic rings. The molecule has 1 amide bonds. The average molecular weight is 322 g/mol. The molecule has 0 aromatic carbocycles. The summed E-state index contributed by atoms with van der Waals surface area (Å²) >= 11 is 6.07. The second-order valence-corrected chi connectivity index (χ2v) is 9.47. The van der Waals surface area contributed by atoms with E-state index in [1.165, 1.54) is 0 Å². The van der Waals surface area contributed by atoms with Crippen molar-refractivity contribution in [2.75, 3.05) is 11.5 Å². The quantitative estimate of drug-likeness (QED) is 0.807. The van der Waals surface area contributed by atoms with Gasteiger partial charge in [0.2, 0.25) is 5.91 Å². The first-order chi connectivity index (χ1) is 9.24. The van der Waals surface area contributed by atoms with Gasteiger partial charge in [-0.2, -0.15) is 0 Å². The van der Waals surface area contributed by atoms with Crippen molar-refractivity contribution in [1.82, 2.24) is 5.32 Å². The summed E-state index contributed by atoms with van der Waals surface area (Å²) in [6, 6.07) is -0.432. The minimum Gasteiger partial charge on any atom is -0.350 e. The topological polar surface area (TPSA) is 63.2 Å². The summed E-state index contributed by atoms with van der Waals surface area (Å²) in [5.41, 5.74) is -0.308. The Bertz CT molecular complexity index is 469. The maximum Gasteiger partial charge on any atom is 0.226 e. The zero-order chi connectivity index (χ0) is 15.0. The molecule has 0 aromatic heterocycles. The van der Waals surface area contributed by atoms with E-state index in [4.69, 9.17) is 11.6 Å². The molecule has 1 heterocycles. The van der Waals surface area contributed by atoms with Crippen molar-refractivity contribution in [1.29, 1.82) is 0 Å². The minimum absolute atomic E-state index is 0.0106. The van der Waals surface area contributed by atoms with Gasteiger partial charge >= 0.3 is 0 Å². The number of hydrogen-bond acceptors (Lipinski definition) is 3. The fourth-order valence-electron chi connectivity index (χ4n) is 3.62. The van der Waals surface area contributed by atoms with Crippen LogP contribution in [0.4, 0.5) is 0 Å². The molecule has 1 saturated heterocycles. The third-order valence-corrected chi connectivity index (χ3v) is 6.82. The van der Waals surface area contributed by atoms with Gasteiger partial charge in [0.15, 0.2) is 9.84 Å². The first-order valence-electron chi connectivity index (χ1n) is 7.40. The normalized spacial score (nSPS) is 31.6. The Morgan fingerprint density at radius 3 is 2.35 bits per heavy atom. The highest BCUT2D eigenvalue weighted by Crippen LogP contribution is 2.43. The maximum absolute atomic E-state index is 12.7. The van der Waals surface area contributed by atoms with E-state index in [0.29, 0.717) is 5.92 Å². The van der Waals surface area contributed by atoms with Crippen molar-refractivity contribution >= 4 is 27.3 Å². The van der Waals surface area contributed by atoms with Crippen molar-refractivity contribution in [3.8, 4) is 0 Å². The van der Waals surface area contributed by atoms with Crippen molar-refractivity contribution in [3.63, 3.8) is 0 Å². The van der Waals surface area contributed by atoms with Gasteiger partial charge in [0, 0.05) is 5.41 Å². The van der Waals surface area contributed by atoms with E-state index < -0.39 is 21.3 Å². The van der Waals surface area contributed by atoms with Gasteiger partial charge in [0.05, 0.1) is 22.9 Å². The number of halogens is 1. The summed E-state index contributed by atoms with van der Waals surface area (Å²) < 4.78 is 23.2. The van der Waals surface area contributed by atoms with E-state index in [0.717, 1.165) is 32.1 Å². The van der Waals surface area contributed by atoms with Crippen LogP contribution in [0, 0.1) is 11.3 Å². The van der Waals surface area contributed by atoms with Crippen LogP contribution in [0.15, 0.2) is 0 Å². The fourth-order valence-corrected chi connectivity index (χ4v) is 6.17. The van der Waals surface area contributed by atoms with Gasteiger partial charge in [0.25, 0.3) is 0 Å². The van der Waals surface area contributed by atoms with E-state index in [-0.39, 0.29) is 22.8 Å². The number of alkyl halides is 1. The smallest absolute Gasteiger partial charge is 0.226 e. The number of carbonyl (C=O) groups excluding carboxylic acids is 1. The summed E-state index contributed by atoms with van der Waals surface area (Å²) in [6.45, 7) is 4.25. The molecule has 2 atom stereocenters. The molecule has 4 nitrogen and oxygen atoms in total. The van der Waals surface area contributed by atoms with Crippen molar-refractivity contribution < 1.29 is 13.2 Å². The molecule has 116 valence electrons. The molecule has 1 aliphatic heterocycles. The molecule has 0 radical (unpaired) electrons. The van der Waals surface area contributed by atoms with Gasteiger partial charge in [-0.3, -0.25) is 4.79 Å². The third-order valence-electron chi connectivity index (χ3n) is 4.44. The lowest BCUT2D eigenvalue weighted by molar-refractivity contribution is -0.132. The molecular weight excluding hydrogens is 298 g/mol. The van der Waals surface area contributed by atoms with Gasteiger partial charge in [-0.05, 0) is 25.2 Å². The molecular formula is C14H24ClNO3S. The average Bonchev–Trinajstić information content (AvgIpc) is 2.84. The number of nitrogens with one attached hydrogen (secondary N) is 1. The highest BCUT2D eigenvalue weighted by Gasteiger charge is 2.44. The standard InChI is InChI=1S/C14H24ClNO3S/c1-10(2)7-14(5-3-4-6-14)13(17)16-12-9-20(18,19)8-11(12)15/h10-12H,3-9H2,1-2H3,(H,16,17). The molecule has 1 aliphatic carbocycles. The van der Waals surface area contributed by atoms with Gasteiger partial charge in [-0.25, -0.2) is 8.42 Å². The van der Waals surface area contributed by atoms with Crippen LogP contribution in [0.1, 0.15) is 46.0 Å². The summed E-state index contributed by atoms with van der Waals surface area (Å²) in [7, 11) is -3.10. The highest BCUT2D eigenvalue weighted by atomic mass is 35.5. The Morgan fingerprint density at radius 2 is 1.90 bits per heavy atom. The number of carbonyl (C=O) groups is 1. The second kappa shape index (κ2) is 5.84. The number of hydrogen-bond donors (Lipinski definition) is 1. The Balaban J connectivity index is 2.06. The van der Waals surface area contributed by atoms with Crippen LogP contribution in [-0.2, 0) is 14.6 Å². The van der Waals surface area contributed by atoms with Gasteiger partial charge in [-0.1, -0.05) is 26.7 Å². The first-order valence-corrected chi connectivity index (χ1v) is 9.65. The zero-order valence-electron chi connectivity index (χ0n) is 12.2. The van der Waals surface area contributed by atoms with Crippen LogP contribution in [-0.4, -0.2) is 37.2 Å². The Hall–Kier alpha value is -0.290. The molecule has 2 aliphatic rings. The fraction of sp³-hybridized carbons (Fsp3) is 0.929. The number of sulfone groups is 1. The van der Waals surface area contributed by atoms with E-state index >= 15 is 0 Å². The number of amides is 1. The highest BCUT2D eigenvalue weighted by molar-refractivity contribution is 7.91. The molecule has 6 heteroatoms. The van der Waals surface area contributed by atoms with Crippen molar-refractivity contribution in [2.24, 2.45) is 11.3 Å². The minimum atomic E-state index is -3.10. The van der Waals surface area contributed by atoms with Crippen LogP contribution in [0.5, 0.6) is 0 Å². The lowest BCUT2D eigenvalue weighted by Gasteiger charge is -2.31. The summed E-state index contributed by atoms with van der Waals surface area (Å²) in [4.78, 5) is 12.7. The van der Waals surface area contributed by atoms with E-state index in [2.05, 4.69) is 19.2 Å². The summed E-state index contributed by atoms with van der Waals surface area (Å²) in [5.74, 6) is 0.413. The Morgan fingerprint density at radius 1 is 1.30 bits per heavy atom. The molecule has 20 heavy (non-hydrogen) atoms. The zero-order valence-corrected chi connectivity index (χ0v) is 13.8. The number of rotatable bonds is 4. The van der Waals surface area contributed by atoms with Crippen molar-refractivity contribution in [3.05, 3.63) is 0 Å². The second-order valence-electron chi connectivity index (χ2n) is 6.76. The monoisotopic (exact) mass is 321 g/mol. The molecule has 1 saturated carbocycles. The summed E-state index contributed by atoms with van der Waals surface area (Å²) in [5, 5.41) is 2.42. The molecule has 0 bridgehead atoms.